The third-order valence-corrected chi connectivity index (χ3v) is 10.7. The molecule has 1 aromatic heterocycles. The highest BCUT2D eigenvalue weighted by molar-refractivity contribution is 6.00. The number of guanidine groups is 1. The fraction of sp³-hybridized carbons (Fsp3) is 0.450. The molecule has 3 aromatic rings. The second-order valence-electron chi connectivity index (χ2n) is 14.8. The van der Waals surface area contributed by atoms with Crippen LogP contribution in [0.25, 0.3) is 11.0 Å². The molecule has 17 nitrogen and oxygen atoms in total. The van der Waals surface area contributed by atoms with Crippen molar-refractivity contribution in [1.82, 2.24) is 20.9 Å². The van der Waals surface area contributed by atoms with E-state index in [1.165, 1.54) is 19.1 Å². The van der Waals surface area contributed by atoms with E-state index < -0.39 is 53.3 Å². The molecule has 2 aliphatic rings. The predicted octanol–water partition coefficient (Wildman–Crippen LogP) is 1.22. The lowest BCUT2D eigenvalue weighted by Crippen LogP contribution is -2.56. The van der Waals surface area contributed by atoms with Crippen molar-refractivity contribution in [1.29, 1.82) is 0 Å². The van der Waals surface area contributed by atoms with Gasteiger partial charge in [-0.25, -0.2) is 9.79 Å². The summed E-state index contributed by atoms with van der Waals surface area (Å²) in [7, 11) is 0. The second-order valence-corrected chi connectivity index (χ2v) is 14.8. The lowest BCUT2D eigenvalue weighted by Gasteiger charge is -2.34. The third-order valence-electron chi connectivity index (χ3n) is 10.7. The van der Waals surface area contributed by atoms with Gasteiger partial charge in [-0.2, -0.15) is 0 Å². The lowest BCUT2D eigenvalue weighted by molar-refractivity contribution is -0.142. The van der Waals surface area contributed by atoms with Crippen molar-refractivity contribution in [2.75, 3.05) is 11.9 Å². The van der Waals surface area contributed by atoms with E-state index in [4.69, 9.17) is 21.6 Å². The Morgan fingerprint density at radius 2 is 1.67 bits per heavy atom. The molecule has 1 aliphatic carbocycles. The van der Waals surface area contributed by atoms with Crippen molar-refractivity contribution in [3.63, 3.8) is 0 Å². The highest BCUT2D eigenvalue weighted by Gasteiger charge is 2.48. The number of carbonyl (C=O) groups excluding carboxylic acids is 6. The van der Waals surface area contributed by atoms with E-state index in [1.807, 2.05) is 13.8 Å². The average molecular weight is 786 g/mol. The van der Waals surface area contributed by atoms with Crippen LogP contribution in [0.5, 0.6) is 0 Å². The molecule has 304 valence electrons. The topological polar surface area (TPSA) is 274 Å². The Bertz CT molecular complexity index is 2100. The van der Waals surface area contributed by atoms with Gasteiger partial charge in [-0.05, 0) is 66.5 Å². The maximum atomic E-state index is 14.3. The van der Waals surface area contributed by atoms with Crippen LogP contribution in [-0.4, -0.2) is 77.0 Å². The van der Waals surface area contributed by atoms with Gasteiger partial charge in [0.25, 0.3) is 0 Å². The van der Waals surface area contributed by atoms with Crippen molar-refractivity contribution in [3.05, 3.63) is 70.1 Å². The summed E-state index contributed by atoms with van der Waals surface area (Å²) >= 11 is 0. The van der Waals surface area contributed by atoms with Crippen LogP contribution in [0.1, 0.15) is 70.4 Å². The number of amides is 6. The summed E-state index contributed by atoms with van der Waals surface area (Å²) in [6.07, 6.45) is 4.21. The van der Waals surface area contributed by atoms with Crippen molar-refractivity contribution >= 4 is 63.7 Å². The molecule has 57 heavy (non-hydrogen) atoms. The Morgan fingerprint density at radius 1 is 0.947 bits per heavy atom. The Kier molecular flexibility index (Phi) is 13.7. The van der Waals surface area contributed by atoms with E-state index >= 15 is 0 Å². The minimum Gasteiger partial charge on any atom is -0.423 e. The first kappa shape index (κ1) is 41.9. The fourth-order valence-corrected chi connectivity index (χ4v) is 7.78. The molecule has 2 fully saturated rings. The Hall–Kier alpha value is -6.26. The Morgan fingerprint density at radius 3 is 2.33 bits per heavy atom. The number of nitrogens with two attached hydrogens (primary N) is 3. The molecule has 17 heteroatoms. The summed E-state index contributed by atoms with van der Waals surface area (Å²) in [6.45, 7) is 4.68. The number of anilines is 1. The van der Waals surface area contributed by atoms with E-state index in [0.717, 1.165) is 19.3 Å². The molecule has 2 heterocycles. The van der Waals surface area contributed by atoms with Crippen LogP contribution in [0, 0.1) is 11.8 Å². The molecule has 6 amide bonds. The molecule has 5 rings (SSSR count). The van der Waals surface area contributed by atoms with Gasteiger partial charge in [-0.3, -0.25) is 28.8 Å². The number of hydrogen-bond donors (Lipinski definition) is 7. The molecule has 2 aromatic carbocycles. The molecular formula is C40H51N9O8. The van der Waals surface area contributed by atoms with Crippen molar-refractivity contribution < 1.29 is 33.2 Å². The summed E-state index contributed by atoms with van der Waals surface area (Å²) < 4.78 is 5.36. The van der Waals surface area contributed by atoms with Gasteiger partial charge in [0, 0.05) is 42.6 Å². The Balaban J connectivity index is 1.39. The summed E-state index contributed by atoms with van der Waals surface area (Å²) in [5, 5.41) is 11.5. The number of carbonyl (C=O) groups is 6. The molecule has 0 spiro atoms. The molecule has 2 unspecified atom stereocenters. The highest BCUT2D eigenvalue weighted by atomic mass is 16.4. The van der Waals surface area contributed by atoms with Crippen LogP contribution in [0.4, 0.5) is 11.4 Å². The highest BCUT2D eigenvalue weighted by Crippen LogP contribution is 2.40. The number of primary amides is 1. The van der Waals surface area contributed by atoms with Crippen molar-refractivity contribution in [2.45, 2.75) is 96.3 Å². The van der Waals surface area contributed by atoms with E-state index in [-0.39, 0.29) is 60.4 Å². The molecule has 1 saturated carbocycles. The van der Waals surface area contributed by atoms with E-state index in [9.17, 15) is 33.6 Å². The van der Waals surface area contributed by atoms with Crippen molar-refractivity contribution in [3.8, 4) is 0 Å². The van der Waals surface area contributed by atoms with Gasteiger partial charge < -0.3 is 47.8 Å². The standard InChI is InChI=1S/C40H51N9O8/c1-4-21(2)36(45-22(3)50)39(56)44-20-34(52)49-30-8-6-5-7-24(30)16-31(49)38(55)48-29(15-23-9-11-26(12-10-23)47-40(42)43)37(54)46-27-13-14-28-25(17-33(41)51)18-35(53)57-32(28)19-27/h9-14,18-19,21,24,29-31,36H,4-8,15-17,20H2,1-3H3,(H2,41,51)(H,44,56)(H,45,50)(H,46,54)(H,48,55)(H4,42,43,47)/t21-,24?,29-,30?,31-,36-/m0/s1. The van der Waals surface area contributed by atoms with Gasteiger partial charge in [0.1, 0.15) is 23.7 Å². The summed E-state index contributed by atoms with van der Waals surface area (Å²) in [5.41, 5.74) is 17.6. The van der Waals surface area contributed by atoms with Crippen LogP contribution in [-0.2, 0) is 41.6 Å². The maximum Gasteiger partial charge on any atom is 0.336 e. The molecule has 1 saturated heterocycles. The number of benzene rings is 2. The van der Waals surface area contributed by atoms with Crippen LogP contribution in [0.15, 0.2) is 62.7 Å². The van der Waals surface area contributed by atoms with E-state index in [2.05, 4.69) is 26.3 Å². The zero-order chi connectivity index (χ0) is 41.4. The first-order valence-corrected chi connectivity index (χ1v) is 19.1. The molecule has 1 aliphatic heterocycles. The monoisotopic (exact) mass is 785 g/mol. The van der Waals surface area contributed by atoms with E-state index in [0.29, 0.717) is 41.5 Å². The van der Waals surface area contributed by atoms with Gasteiger partial charge in [-0.15, -0.1) is 0 Å². The van der Waals surface area contributed by atoms with Crippen LogP contribution in [0.3, 0.4) is 0 Å². The Labute approximate surface area is 329 Å². The number of fused-ring (bicyclic) bond motifs is 2. The third kappa shape index (κ3) is 10.7. The predicted molar refractivity (Wildman–Crippen MR) is 213 cm³/mol. The number of nitrogens with one attached hydrogen (secondary N) is 4. The summed E-state index contributed by atoms with van der Waals surface area (Å²) in [5.74, 6) is -3.31. The number of hydrogen-bond acceptors (Lipinski definition) is 9. The van der Waals surface area contributed by atoms with Gasteiger partial charge in [0.05, 0.1) is 18.7 Å². The second kappa shape index (κ2) is 18.6. The van der Waals surface area contributed by atoms with Crippen LogP contribution < -0.4 is 44.1 Å². The quantitative estimate of drug-likeness (QED) is 0.0657. The minimum atomic E-state index is -1.15. The smallest absolute Gasteiger partial charge is 0.336 e. The molecule has 0 bridgehead atoms. The van der Waals surface area contributed by atoms with Gasteiger partial charge in [0.2, 0.25) is 35.4 Å². The summed E-state index contributed by atoms with van der Waals surface area (Å²) in [6, 6.07) is 9.43. The van der Waals surface area contributed by atoms with Gasteiger partial charge in [0.15, 0.2) is 5.96 Å². The average Bonchev–Trinajstić information content (AvgIpc) is 3.55. The number of likely N-dealkylation sites (tertiary alicyclic amines) is 1. The SMILES string of the molecule is CC[C@H](C)[C@H](NC(C)=O)C(=O)NCC(=O)N1C2CCCCC2C[C@H]1C(=O)N[C@@H](Cc1ccc(N=C(N)N)cc1)C(=O)Nc1ccc2c(CC(N)=O)cc(=O)oc2c1. The van der Waals surface area contributed by atoms with Crippen LogP contribution >= 0.6 is 0 Å². The minimum absolute atomic E-state index is 0.0365. The van der Waals surface area contributed by atoms with Gasteiger partial charge >= 0.3 is 5.63 Å². The first-order valence-electron chi connectivity index (χ1n) is 19.1. The molecule has 0 radical (unpaired) electrons. The molecule has 10 N–H and O–H groups in total. The van der Waals surface area contributed by atoms with Crippen LogP contribution in [0.2, 0.25) is 0 Å². The molecular weight excluding hydrogens is 734 g/mol. The zero-order valence-corrected chi connectivity index (χ0v) is 32.3. The maximum absolute atomic E-state index is 14.3. The number of rotatable bonds is 15. The first-order chi connectivity index (χ1) is 27.1. The number of nitrogens with zero attached hydrogens (tertiary/aromatic N) is 2. The zero-order valence-electron chi connectivity index (χ0n) is 32.3. The summed E-state index contributed by atoms with van der Waals surface area (Å²) in [4.78, 5) is 96.8. The number of aliphatic imine (C=N–C) groups is 1. The largest absolute Gasteiger partial charge is 0.423 e. The normalized spacial score (nSPS) is 19.0. The fourth-order valence-electron chi connectivity index (χ4n) is 7.78. The lowest BCUT2D eigenvalue weighted by atomic mass is 9.84. The van der Waals surface area contributed by atoms with Gasteiger partial charge in [-0.1, -0.05) is 45.2 Å². The van der Waals surface area contributed by atoms with Crippen molar-refractivity contribution in [2.24, 2.45) is 34.0 Å². The molecule has 6 atom stereocenters. The van der Waals surface area contributed by atoms with E-state index in [1.54, 1.807) is 41.3 Å².